The Labute approximate surface area is 175 Å². The largest absolute Gasteiger partial charge is 0.353 e. The summed E-state index contributed by atoms with van der Waals surface area (Å²) in [5.74, 6) is 0.367. The third-order valence-electron chi connectivity index (χ3n) is 7.41. The number of carbonyl (C=O) groups is 2. The van der Waals surface area contributed by atoms with E-state index >= 15 is 0 Å². The van der Waals surface area contributed by atoms with Crippen LogP contribution in [0.4, 0.5) is 0 Å². The Morgan fingerprint density at radius 2 is 1.10 bits per heavy atom. The summed E-state index contributed by atoms with van der Waals surface area (Å²) in [6.07, 6.45) is 9.38. The highest BCUT2D eigenvalue weighted by Gasteiger charge is 2.40. The Bertz CT molecular complexity index is 641. The lowest BCUT2D eigenvalue weighted by Gasteiger charge is -2.31. The molecular formula is C22H38N2O4S. The molecular weight excluding hydrogens is 388 g/mol. The molecule has 3 fully saturated rings. The van der Waals surface area contributed by atoms with E-state index in [9.17, 15) is 18.0 Å². The van der Waals surface area contributed by atoms with Gasteiger partial charge in [0.05, 0.1) is 11.5 Å². The summed E-state index contributed by atoms with van der Waals surface area (Å²) in [6, 6.07) is 0.396. The molecule has 2 amide bonds. The van der Waals surface area contributed by atoms with Gasteiger partial charge in [-0.05, 0) is 49.4 Å². The van der Waals surface area contributed by atoms with Crippen molar-refractivity contribution in [3.8, 4) is 0 Å². The highest BCUT2D eigenvalue weighted by atomic mass is 32.2. The normalized spacial score (nSPS) is 37.0. The van der Waals surface area contributed by atoms with E-state index in [1.165, 1.54) is 12.8 Å². The smallest absolute Gasteiger partial charge is 0.220 e. The third-order valence-corrected chi connectivity index (χ3v) is 9.29. The van der Waals surface area contributed by atoms with Crippen molar-refractivity contribution in [2.45, 2.75) is 90.1 Å². The predicted octanol–water partition coefficient (Wildman–Crippen LogP) is 2.82. The molecule has 6 atom stereocenters. The van der Waals surface area contributed by atoms with Crippen LogP contribution in [0.25, 0.3) is 0 Å². The van der Waals surface area contributed by atoms with Gasteiger partial charge in [0.15, 0.2) is 9.84 Å². The number of nitrogens with one attached hydrogen (secondary N) is 2. The minimum atomic E-state index is -3.18. The van der Waals surface area contributed by atoms with Gasteiger partial charge in [-0.3, -0.25) is 9.59 Å². The number of hydrogen-bond acceptors (Lipinski definition) is 4. The first-order valence-corrected chi connectivity index (χ1v) is 13.3. The van der Waals surface area contributed by atoms with Crippen LogP contribution in [0.2, 0.25) is 0 Å². The van der Waals surface area contributed by atoms with Gasteiger partial charge in [-0.25, -0.2) is 8.42 Å². The van der Waals surface area contributed by atoms with Crippen molar-refractivity contribution < 1.29 is 18.0 Å². The molecule has 1 saturated heterocycles. The summed E-state index contributed by atoms with van der Waals surface area (Å²) in [7, 11) is -3.18. The van der Waals surface area contributed by atoms with Crippen LogP contribution in [-0.4, -0.2) is 43.8 Å². The lowest BCUT2D eigenvalue weighted by Crippen LogP contribution is -2.43. The van der Waals surface area contributed by atoms with Crippen molar-refractivity contribution >= 4 is 21.7 Å². The van der Waals surface area contributed by atoms with Crippen molar-refractivity contribution in [3.63, 3.8) is 0 Å². The number of rotatable bonds is 6. The molecule has 2 saturated carbocycles. The highest BCUT2D eigenvalue weighted by molar-refractivity contribution is 7.91. The summed E-state index contributed by atoms with van der Waals surface area (Å²) in [5, 5.41) is 6.27. The molecule has 166 valence electrons. The molecule has 0 radical (unpaired) electrons. The van der Waals surface area contributed by atoms with E-state index in [1.807, 2.05) is 0 Å². The summed E-state index contributed by atoms with van der Waals surface area (Å²) in [4.78, 5) is 25.2. The second-order valence-corrected chi connectivity index (χ2v) is 12.0. The first-order valence-electron chi connectivity index (χ1n) is 11.5. The van der Waals surface area contributed by atoms with Crippen LogP contribution in [0.3, 0.4) is 0 Å². The van der Waals surface area contributed by atoms with Crippen LogP contribution in [0.5, 0.6) is 0 Å². The van der Waals surface area contributed by atoms with Crippen molar-refractivity contribution in [3.05, 3.63) is 0 Å². The average molecular weight is 427 g/mol. The maximum Gasteiger partial charge on any atom is 0.220 e. The molecule has 0 aromatic carbocycles. The van der Waals surface area contributed by atoms with Crippen molar-refractivity contribution in [1.82, 2.24) is 10.6 Å². The number of hydrogen-bond donors (Lipinski definition) is 2. The molecule has 1 aliphatic heterocycles. The van der Waals surface area contributed by atoms with Crippen LogP contribution < -0.4 is 10.6 Å². The molecule has 0 bridgehead atoms. The van der Waals surface area contributed by atoms with E-state index in [0.717, 1.165) is 38.5 Å². The lowest BCUT2D eigenvalue weighted by molar-refractivity contribution is -0.126. The molecule has 0 aromatic rings. The zero-order valence-corrected chi connectivity index (χ0v) is 18.8. The average Bonchev–Trinajstić information content (AvgIpc) is 2.92. The maximum absolute atomic E-state index is 12.6. The SMILES string of the molecule is C[C@@H]1CCCC[C@@H]1NC(=O)C[C@@H]1CS(=O)(=O)C[C@@H]1CC(=O)N[C@H]1CCCC[C@H]1C. The zero-order chi connectivity index (χ0) is 21.0. The molecule has 3 rings (SSSR count). The van der Waals surface area contributed by atoms with E-state index in [2.05, 4.69) is 24.5 Å². The van der Waals surface area contributed by atoms with Crippen molar-refractivity contribution in [2.24, 2.45) is 23.7 Å². The summed E-state index contributed by atoms with van der Waals surface area (Å²) in [6.45, 7) is 4.34. The molecule has 0 aromatic heterocycles. The molecule has 6 nitrogen and oxygen atoms in total. The molecule has 0 spiro atoms. The molecule has 2 aliphatic carbocycles. The first-order chi connectivity index (χ1) is 13.7. The molecule has 7 heteroatoms. The van der Waals surface area contributed by atoms with Gasteiger partial charge in [0.25, 0.3) is 0 Å². The molecule has 2 N–H and O–H groups in total. The Morgan fingerprint density at radius 1 is 0.724 bits per heavy atom. The number of sulfone groups is 1. The predicted molar refractivity (Wildman–Crippen MR) is 114 cm³/mol. The van der Waals surface area contributed by atoms with Crippen LogP contribution in [0, 0.1) is 23.7 Å². The Hall–Kier alpha value is -1.11. The van der Waals surface area contributed by atoms with Gasteiger partial charge in [0.1, 0.15) is 0 Å². The number of amides is 2. The van der Waals surface area contributed by atoms with Crippen LogP contribution in [-0.2, 0) is 19.4 Å². The Kier molecular flexibility index (Phi) is 7.63. The Balaban J connectivity index is 1.54. The van der Waals surface area contributed by atoms with E-state index < -0.39 is 9.84 Å². The zero-order valence-electron chi connectivity index (χ0n) is 18.0. The lowest BCUT2D eigenvalue weighted by atomic mass is 9.84. The van der Waals surface area contributed by atoms with Gasteiger partial charge in [-0.2, -0.15) is 0 Å². The van der Waals surface area contributed by atoms with Gasteiger partial charge >= 0.3 is 0 Å². The minimum absolute atomic E-state index is 0.0262. The minimum Gasteiger partial charge on any atom is -0.353 e. The fourth-order valence-corrected chi connectivity index (χ4v) is 7.73. The number of carbonyl (C=O) groups excluding carboxylic acids is 2. The maximum atomic E-state index is 12.6. The molecule has 0 unspecified atom stereocenters. The quantitative estimate of drug-likeness (QED) is 0.683. The fraction of sp³-hybridized carbons (Fsp3) is 0.909. The first kappa shape index (κ1) is 22.6. The summed E-state index contributed by atoms with van der Waals surface area (Å²) >= 11 is 0. The van der Waals surface area contributed by atoms with Crippen LogP contribution >= 0.6 is 0 Å². The van der Waals surface area contributed by atoms with E-state index in [4.69, 9.17) is 0 Å². The van der Waals surface area contributed by atoms with Crippen LogP contribution in [0.1, 0.15) is 78.1 Å². The summed E-state index contributed by atoms with van der Waals surface area (Å²) in [5.41, 5.74) is 0. The summed E-state index contributed by atoms with van der Waals surface area (Å²) < 4.78 is 24.5. The van der Waals surface area contributed by atoms with Gasteiger partial charge in [0.2, 0.25) is 11.8 Å². The second-order valence-electron chi connectivity index (χ2n) is 9.88. The van der Waals surface area contributed by atoms with Gasteiger partial charge in [0, 0.05) is 24.9 Å². The van der Waals surface area contributed by atoms with E-state index in [1.54, 1.807) is 0 Å². The van der Waals surface area contributed by atoms with Gasteiger partial charge in [-0.15, -0.1) is 0 Å². The second kappa shape index (κ2) is 9.80. The van der Waals surface area contributed by atoms with Crippen molar-refractivity contribution in [2.75, 3.05) is 11.5 Å². The van der Waals surface area contributed by atoms with Crippen LogP contribution in [0.15, 0.2) is 0 Å². The topological polar surface area (TPSA) is 92.3 Å². The molecule has 3 aliphatic rings. The third kappa shape index (κ3) is 6.43. The van der Waals surface area contributed by atoms with Crippen molar-refractivity contribution in [1.29, 1.82) is 0 Å². The highest BCUT2D eigenvalue weighted by Crippen LogP contribution is 2.32. The molecule has 1 heterocycles. The molecule has 29 heavy (non-hydrogen) atoms. The fourth-order valence-electron chi connectivity index (χ4n) is 5.51. The Morgan fingerprint density at radius 3 is 1.48 bits per heavy atom. The monoisotopic (exact) mass is 426 g/mol. The standard InChI is InChI=1S/C22H38N2O4S/c1-15-7-3-5-9-19(15)23-21(25)11-17-13-29(27,28)14-18(17)12-22(26)24-20-10-6-4-8-16(20)2/h15-20H,3-14H2,1-2H3,(H,23,25)(H,24,26)/t15-,16-,17-,18+,19+,20+/m1/s1. The van der Waals surface area contributed by atoms with E-state index in [0.29, 0.717) is 11.8 Å². The van der Waals surface area contributed by atoms with Gasteiger partial charge < -0.3 is 10.6 Å². The van der Waals surface area contributed by atoms with E-state index in [-0.39, 0.29) is 60.1 Å². The van der Waals surface area contributed by atoms with Gasteiger partial charge in [-0.1, -0.05) is 39.5 Å².